The quantitative estimate of drug-likeness (QED) is 0.574. The third-order valence-corrected chi connectivity index (χ3v) is 3.51. The van der Waals surface area contributed by atoms with Crippen molar-refractivity contribution in [3.63, 3.8) is 0 Å². The van der Waals surface area contributed by atoms with Crippen molar-refractivity contribution in [1.82, 2.24) is 10.2 Å². The fourth-order valence-corrected chi connectivity index (χ4v) is 2.38. The number of halogens is 1. The lowest BCUT2D eigenvalue weighted by atomic mass is 10.0. The summed E-state index contributed by atoms with van der Waals surface area (Å²) in [6.45, 7) is 2.51. The summed E-state index contributed by atoms with van der Waals surface area (Å²) in [6, 6.07) is 0.0546. The first-order valence-corrected chi connectivity index (χ1v) is 7.52. The molecule has 22 heavy (non-hydrogen) atoms. The first-order valence-electron chi connectivity index (χ1n) is 7.52. The van der Waals surface area contributed by atoms with Gasteiger partial charge in [0.2, 0.25) is 11.8 Å². The molecule has 2 amide bonds. The summed E-state index contributed by atoms with van der Waals surface area (Å²) in [5.74, 6) is -0.0873. The van der Waals surface area contributed by atoms with E-state index in [1.807, 2.05) is 4.90 Å². The van der Waals surface area contributed by atoms with Gasteiger partial charge in [-0.2, -0.15) is 0 Å². The average Bonchev–Trinajstić information content (AvgIpc) is 2.50. The van der Waals surface area contributed by atoms with Crippen molar-refractivity contribution in [1.29, 1.82) is 0 Å². The Bertz CT molecular complexity index is 331. The van der Waals surface area contributed by atoms with Crippen LogP contribution in [0.2, 0.25) is 0 Å². The number of piperidine rings is 1. The van der Waals surface area contributed by atoms with Crippen molar-refractivity contribution in [3.05, 3.63) is 0 Å². The predicted molar refractivity (Wildman–Crippen MR) is 86.0 cm³/mol. The van der Waals surface area contributed by atoms with E-state index in [9.17, 15) is 9.59 Å². The number of methoxy groups -OCH3 is 1. The van der Waals surface area contributed by atoms with Crippen LogP contribution in [0.1, 0.15) is 25.7 Å². The Morgan fingerprint density at radius 3 is 2.77 bits per heavy atom. The zero-order chi connectivity index (χ0) is 15.5. The van der Waals surface area contributed by atoms with Gasteiger partial charge < -0.3 is 25.4 Å². The normalized spacial score (nSPS) is 17.7. The number of rotatable bonds is 9. The molecule has 0 spiro atoms. The molecule has 3 N–H and O–H groups in total. The molecule has 1 atom stereocenters. The smallest absolute Gasteiger partial charge is 0.248 e. The number of amides is 2. The molecule has 1 aliphatic heterocycles. The second-order valence-corrected chi connectivity index (χ2v) is 5.12. The molecule has 7 nitrogen and oxygen atoms in total. The minimum Gasteiger partial charge on any atom is -0.382 e. The third-order valence-electron chi connectivity index (χ3n) is 3.51. The molecule has 0 saturated carbocycles. The highest BCUT2D eigenvalue weighted by Gasteiger charge is 2.26. The van der Waals surface area contributed by atoms with E-state index in [0.29, 0.717) is 32.7 Å². The molecule has 1 fully saturated rings. The maximum Gasteiger partial charge on any atom is 0.248 e. The Hall–Kier alpha value is -0.890. The van der Waals surface area contributed by atoms with Crippen LogP contribution in [0.3, 0.4) is 0 Å². The molecule has 1 heterocycles. The Morgan fingerprint density at radius 1 is 1.32 bits per heavy atom. The molecule has 0 aliphatic carbocycles. The molecule has 1 unspecified atom stereocenters. The van der Waals surface area contributed by atoms with Gasteiger partial charge in [0.15, 0.2) is 0 Å². The fourth-order valence-electron chi connectivity index (χ4n) is 2.38. The maximum atomic E-state index is 12.2. The number of carbonyl (C=O) groups excluding carboxylic acids is 2. The van der Waals surface area contributed by atoms with Crippen LogP contribution < -0.4 is 11.1 Å². The van der Waals surface area contributed by atoms with Crippen molar-refractivity contribution in [2.75, 3.05) is 46.6 Å². The predicted octanol–water partition coefficient (Wildman–Crippen LogP) is -0.0827. The summed E-state index contributed by atoms with van der Waals surface area (Å²) in [5, 5.41) is 2.84. The summed E-state index contributed by atoms with van der Waals surface area (Å²) in [6.07, 6.45) is 3.30. The minimum absolute atomic E-state index is 0. The molecule has 0 aromatic rings. The van der Waals surface area contributed by atoms with E-state index in [0.717, 1.165) is 25.8 Å². The second-order valence-electron chi connectivity index (χ2n) is 5.12. The molecule has 0 aromatic heterocycles. The lowest BCUT2D eigenvalue weighted by Gasteiger charge is -2.35. The van der Waals surface area contributed by atoms with Crippen LogP contribution >= 0.6 is 12.4 Å². The van der Waals surface area contributed by atoms with Gasteiger partial charge in [0.1, 0.15) is 6.61 Å². The monoisotopic (exact) mass is 337 g/mol. The van der Waals surface area contributed by atoms with Gasteiger partial charge in [0.25, 0.3) is 0 Å². The van der Waals surface area contributed by atoms with Crippen LogP contribution in [0.15, 0.2) is 0 Å². The van der Waals surface area contributed by atoms with E-state index in [-0.39, 0.29) is 36.9 Å². The van der Waals surface area contributed by atoms with Gasteiger partial charge in [-0.15, -0.1) is 12.4 Å². The Kier molecular flexibility index (Phi) is 12.1. The van der Waals surface area contributed by atoms with Gasteiger partial charge in [-0.3, -0.25) is 9.59 Å². The van der Waals surface area contributed by atoms with Crippen LogP contribution in [0.4, 0.5) is 0 Å². The van der Waals surface area contributed by atoms with Crippen molar-refractivity contribution in [2.45, 2.75) is 31.7 Å². The zero-order valence-corrected chi connectivity index (χ0v) is 14.0. The fraction of sp³-hybridized carbons (Fsp3) is 0.857. The highest BCUT2D eigenvalue weighted by molar-refractivity contribution is 5.85. The van der Waals surface area contributed by atoms with Gasteiger partial charge in [0, 0.05) is 39.2 Å². The van der Waals surface area contributed by atoms with E-state index >= 15 is 0 Å². The summed E-state index contributed by atoms with van der Waals surface area (Å²) >= 11 is 0. The third kappa shape index (κ3) is 7.93. The average molecular weight is 338 g/mol. The van der Waals surface area contributed by atoms with Crippen LogP contribution in [-0.2, 0) is 19.1 Å². The molecule has 0 aromatic carbocycles. The Balaban J connectivity index is 0.00000441. The standard InChI is InChI=1S/C14H27N3O4.ClH/c1-20-8-9-21-11-14(19)17-7-3-2-4-12(17)10-16-13(18)5-6-15;/h12H,2-11,15H2,1H3,(H,16,18);1H. The summed E-state index contributed by atoms with van der Waals surface area (Å²) in [4.78, 5) is 25.5. The van der Waals surface area contributed by atoms with Gasteiger partial charge in [-0.05, 0) is 19.3 Å². The topological polar surface area (TPSA) is 93.9 Å². The first-order chi connectivity index (χ1) is 10.2. The van der Waals surface area contributed by atoms with Crippen molar-refractivity contribution in [2.24, 2.45) is 5.73 Å². The number of carbonyl (C=O) groups is 2. The summed E-state index contributed by atoms with van der Waals surface area (Å²) in [7, 11) is 1.59. The lowest BCUT2D eigenvalue weighted by molar-refractivity contribution is -0.140. The summed E-state index contributed by atoms with van der Waals surface area (Å²) < 4.78 is 10.2. The Labute approximate surface area is 138 Å². The minimum atomic E-state index is -0.0631. The lowest BCUT2D eigenvalue weighted by Crippen LogP contribution is -2.50. The molecule has 130 valence electrons. The molecule has 0 bridgehead atoms. The highest BCUT2D eigenvalue weighted by atomic mass is 35.5. The van der Waals surface area contributed by atoms with Crippen molar-refractivity contribution < 1.29 is 19.1 Å². The molecule has 8 heteroatoms. The number of nitrogens with two attached hydrogens (primary N) is 1. The molecular formula is C14H28ClN3O4. The maximum absolute atomic E-state index is 12.2. The second kappa shape index (κ2) is 12.6. The molecule has 0 radical (unpaired) electrons. The largest absolute Gasteiger partial charge is 0.382 e. The number of nitrogens with zero attached hydrogens (tertiary/aromatic N) is 1. The zero-order valence-electron chi connectivity index (χ0n) is 13.2. The van der Waals surface area contributed by atoms with Crippen LogP contribution in [0, 0.1) is 0 Å². The van der Waals surface area contributed by atoms with E-state index in [1.54, 1.807) is 7.11 Å². The van der Waals surface area contributed by atoms with Crippen LogP contribution in [0.25, 0.3) is 0 Å². The molecule has 1 saturated heterocycles. The number of nitrogens with one attached hydrogen (secondary N) is 1. The number of hydrogen-bond donors (Lipinski definition) is 2. The van der Waals surface area contributed by atoms with Crippen LogP contribution in [-0.4, -0.2) is 69.3 Å². The molecule has 1 aliphatic rings. The van der Waals surface area contributed by atoms with E-state index in [1.165, 1.54) is 0 Å². The van der Waals surface area contributed by atoms with Gasteiger partial charge in [-0.1, -0.05) is 0 Å². The van der Waals surface area contributed by atoms with E-state index < -0.39 is 0 Å². The number of ether oxygens (including phenoxy) is 2. The first kappa shape index (κ1) is 21.1. The molecular weight excluding hydrogens is 310 g/mol. The van der Waals surface area contributed by atoms with Crippen molar-refractivity contribution in [3.8, 4) is 0 Å². The van der Waals surface area contributed by atoms with Gasteiger partial charge >= 0.3 is 0 Å². The van der Waals surface area contributed by atoms with Gasteiger partial charge in [0.05, 0.1) is 13.2 Å². The van der Waals surface area contributed by atoms with Gasteiger partial charge in [-0.25, -0.2) is 0 Å². The Morgan fingerprint density at radius 2 is 2.09 bits per heavy atom. The van der Waals surface area contributed by atoms with Crippen molar-refractivity contribution >= 4 is 24.2 Å². The number of likely N-dealkylation sites (tertiary alicyclic amines) is 1. The SMILES string of the molecule is COCCOCC(=O)N1CCCCC1CNC(=O)CCN.Cl. The summed E-state index contributed by atoms with van der Waals surface area (Å²) in [5.41, 5.74) is 5.34. The number of hydrogen-bond acceptors (Lipinski definition) is 5. The van der Waals surface area contributed by atoms with Crippen LogP contribution in [0.5, 0.6) is 0 Å². The van der Waals surface area contributed by atoms with E-state index in [2.05, 4.69) is 5.32 Å². The van der Waals surface area contributed by atoms with E-state index in [4.69, 9.17) is 15.2 Å². The molecule has 1 rings (SSSR count). The highest BCUT2D eigenvalue weighted by Crippen LogP contribution is 2.16.